The Labute approximate surface area is 145 Å². The summed E-state index contributed by atoms with van der Waals surface area (Å²) in [7, 11) is 0. The summed E-state index contributed by atoms with van der Waals surface area (Å²) in [5.74, 6) is 0.438. The third-order valence-electron chi connectivity index (χ3n) is 4.21. The monoisotopic (exact) mass is 334 g/mol. The maximum Gasteiger partial charge on any atom is 0.410 e. The van der Waals surface area contributed by atoms with Crippen LogP contribution < -0.4 is 5.32 Å². The number of likely N-dealkylation sites (tertiary alicyclic amines) is 1. The van der Waals surface area contributed by atoms with E-state index in [0.717, 1.165) is 50.1 Å². The van der Waals surface area contributed by atoms with Crippen molar-refractivity contribution in [3.8, 4) is 0 Å². The first-order chi connectivity index (χ1) is 11.4. The number of carbonyl (C=O) groups is 1. The molecule has 1 aromatic rings. The van der Waals surface area contributed by atoms with Crippen LogP contribution in [0.25, 0.3) is 0 Å². The van der Waals surface area contributed by atoms with Gasteiger partial charge < -0.3 is 20.1 Å². The van der Waals surface area contributed by atoms with Crippen molar-refractivity contribution in [3.05, 3.63) is 35.4 Å². The van der Waals surface area contributed by atoms with Gasteiger partial charge in [-0.1, -0.05) is 24.3 Å². The highest BCUT2D eigenvalue weighted by Gasteiger charge is 2.27. The minimum atomic E-state index is -0.448. The number of aliphatic hydroxyl groups is 1. The van der Waals surface area contributed by atoms with Crippen molar-refractivity contribution in [1.29, 1.82) is 0 Å². The summed E-state index contributed by atoms with van der Waals surface area (Å²) in [6.45, 7) is 8.86. The van der Waals surface area contributed by atoms with Gasteiger partial charge in [-0.15, -0.1) is 0 Å². The molecule has 1 aromatic carbocycles. The molecule has 1 saturated heterocycles. The lowest BCUT2D eigenvalue weighted by Crippen LogP contribution is -2.45. The van der Waals surface area contributed by atoms with Gasteiger partial charge in [0.05, 0.1) is 6.61 Å². The second-order valence-corrected chi connectivity index (χ2v) is 7.49. The average molecular weight is 334 g/mol. The van der Waals surface area contributed by atoms with Gasteiger partial charge in [0.25, 0.3) is 0 Å². The van der Waals surface area contributed by atoms with Crippen LogP contribution in [0.15, 0.2) is 24.3 Å². The highest BCUT2D eigenvalue weighted by Crippen LogP contribution is 2.19. The number of nitrogens with zero attached hydrogens (tertiary/aromatic N) is 1. The fourth-order valence-electron chi connectivity index (χ4n) is 3.02. The van der Waals surface area contributed by atoms with E-state index in [1.54, 1.807) is 0 Å². The maximum absolute atomic E-state index is 12.2. The standard InChI is InChI=1S/C19H30N2O3/c1-19(2,3)24-18(23)21-10-6-7-15(13-21)11-20-12-16-8-4-5-9-17(16)14-22/h4-5,8-9,15,20,22H,6-7,10-14H2,1-3H3. The van der Waals surface area contributed by atoms with Gasteiger partial charge in [0.1, 0.15) is 5.60 Å². The second-order valence-electron chi connectivity index (χ2n) is 7.49. The molecule has 0 aliphatic carbocycles. The van der Waals surface area contributed by atoms with Crippen molar-refractivity contribution in [2.45, 2.75) is 52.4 Å². The van der Waals surface area contributed by atoms with Crippen molar-refractivity contribution in [2.75, 3.05) is 19.6 Å². The van der Waals surface area contributed by atoms with E-state index in [1.165, 1.54) is 0 Å². The van der Waals surface area contributed by atoms with Crippen molar-refractivity contribution >= 4 is 6.09 Å². The van der Waals surface area contributed by atoms with E-state index in [1.807, 2.05) is 49.9 Å². The number of amides is 1. The zero-order valence-corrected chi connectivity index (χ0v) is 15.0. The van der Waals surface area contributed by atoms with Gasteiger partial charge in [-0.25, -0.2) is 4.79 Å². The molecule has 1 amide bonds. The Bertz CT molecular complexity index is 540. The Morgan fingerprint density at radius 1 is 1.33 bits per heavy atom. The van der Waals surface area contributed by atoms with E-state index < -0.39 is 5.60 Å². The smallest absolute Gasteiger partial charge is 0.410 e. The number of benzene rings is 1. The molecule has 1 aliphatic heterocycles. The molecule has 0 bridgehead atoms. The van der Waals surface area contributed by atoms with Gasteiger partial charge in [0.2, 0.25) is 0 Å². The van der Waals surface area contributed by atoms with Gasteiger partial charge in [-0.2, -0.15) is 0 Å². The molecule has 0 radical (unpaired) electrons. The number of carbonyl (C=O) groups excluding carboxylic acids is 1. The van der Waals surface area contributed by atoms with Gasteiger partial charge >= 0.3 is 6.09 Å². The fraction of sp³-hybridized carbons (Fsp3) is 0.632. The third kappa shape index (κ3) is 5.80. The van der Waals surface area contributed by atoms with Crippen LogP contribution in [0, 0.1) is 5.92 Å². The Kier molecular flexibility index (Phi) is 6.63. The number of rotatable bonds is 5. The van der Waals surface area contributed by atoms with Crippen molar-refractivity contribution in [3.63, 3.8) is 0 Å². The predicted molar refractivity (Wildman–Crippen MR) is 94.6 cm³/mol. The van der Waals surface area contributed by atoms with Gasteiger partial charge in [0.15, 0.2) is 0 Å². The number of nitrogens with one attached hydrogen (secondary N) is 1. The van der Waals surface area contributed by atoms with Crippen molar-refractivity contribution in [2.24, 2.45) is 5.92 Å². The summed E-state index contributed by atoms with van der Waals surface area (Å²) < 4.78 is 5.47. The van der Waals surface area contributed by atoms with Gasteiger partial charge in [-0.05, 0) is 57.2 Å². The molecular weight excluding hydrogens is 304 g/mol. The third-order valence-corrected chi connectivity index (χ3v) is 4.21. The van der Waals surface area contributed by atoms with Crippen LogP contribution in [0.5, 0.6) is 0 Å². The van der Waals surface area contributed by atoms with E-state index in [-0.39, 0.29) is 12.7 Å². The van der Waals surface area contributed by atoms with Crippen LogP contribution in [-0.4, -0.2) is 41.3 Å². The Morgan fingerprint density at radius 3 is 2.71 bits per heavy atom. The fourth-order valence-corrected chi connectivity index (χ4v) is 3.02. The molecule has 1 fully saturated rings. The zero-order valence-electron chi connectivity index (χ0n) is 15.0. The van der Waals surface area contributed by atoms with Crippen LogP contribution in [0.3, 0.4) is 0 Å². The molecule has 5 nitrogen and oxygen atoms in total. The summed E-state index contributed by atoms with van der Waals surface area (Å²) in [6.07, 6.45) is 1.92. The normalized spacial score (nSPS) is 18.5. The SMILES string of the molecule is CC(C)(C)OC(=O)N1CCCC(CNCc2ccccc2CO)C1. The Balaban J connectivity index is 1.80. The molecule has 2 rings (SSSR count). The predicted octanol–water partition coefficient (Wildman–Crippen LogP) is 2.92. The Hall–Kier alpha value is -1.59. The lowest BCUT2D eigenvalue weighted by Gasteiger charge is -2.34. The zero-order chi connectivity index (χ0) is 17.6. The molecule has 0 aromatic heterocycles. The lowest BCUT2D eigenvalue weighted by atomic mass is 9.98. The van der Waals surface area contributed by atoms with Crippen LogP contribution in [0.2, 0.25) is 0 Å². The highest BCUT2D eigenvalue weighted by molar-refractivity contribution is 5.68. The molecule has 2 N–H and O–H groups in total. The van der Waals surface area contributed by atoms with Gasteiger partial charge in [0, 0.05) is 19.6 Å². The molecule has 1 heterocycles. The summed E-state index contributed by atoms with van der Waals surface area (Å²) in [4.78, 5) is 14.0. The number of ether oxygens (including phenoxy) is 1. The second kappa shape index (κ2) is 8.49. The molecule has 134 valence electrons. The first kappa shape index (κ1) is 18.7. The summed E-state index contributed by atoms with van der Waals surface area (Å²) in [5.41, 5.74) is 1.64. The Morgan fingerprint density at radius 2 is 2.04 bits per heavy atom. The molecule has 24 heavy (non-hydrogen) atoms. The molecule has 0 spiro atoms. The first-order valence-electron chi connectivity index (χ1n) is 8.75. The van der Waals surface area contributed by atoms with E-state index >= 15 is 0 Å². The number of aliphatic hydroxyl groups excluding tert-OH is 1. The van der Waals surface area contributed by atoms with E-state index in [4.69, 9.17) is 4.74 Å². The van der Waals surface area contributed by atoms with Crippen LogP contribution in [-0.2, 0) is 17.9 Å². The molecule has 1 unspecified atom stereocenters. The van der Waals surface area contributed by atoms with Crippen molar-refractivity contribution in [1.82, 2.24) is 10.2 Å². The minimum absolute atomic E-state index is 0.0632. The maximum atomic E-state index is 12.2. The van der Waals surface area contributed by atoms with Crippen LogP contribution >= 0.6 is 0 Å². The molecule has 5 heteroatoms. The lowest BCUT2D eigenvalue weighted by molar-refractivity contribution is 0.0166. The highest BCUT2D eigenvalue weighted by atomic mass is 16.6. The van der Waals surface area contributed by atoms with E-state index in [0.29, 0.717) is 5.92 Å². The molecule has 1 atom stereocenters. The van der Waals surface area contributed by atoms with Crippen LogP contribution in [0.4, 0.5) is 4.79 Å². The number of hydrogen-bond donors (Lipinski definition) is 2. The summed E-state index contributed by atoms with van der Waals surface area (Å²) in [6, 6.07) is 7.91. The first-order valence-corrected chi connectivity index (χ1v) is 8.75. The molecule has 0 saturated carbocycles. The minimum Gasteiger partial charge on any atom is -0.444 e. The molecular formula is C19H30N2O3. The van der Waals surface area contributed by atoms with Crippen molar-refractivity contribution < 1.29 is 14.6 Å². The van der Waals surface area contributed by atoms with E-state index in [9.17, 15) is 9.90 Å². The molecule has 1 aliphatic rings. The average Bonchev–Trinajstić information content (AvgIpc) is 2.54. The number of hydrogen-bond acceptors (Lipinski definition) is 4. The van der Waals surface area contributed by atoms with Crippen LogP contribution in [0.1, 0.15) is 44.7 Å². The largest absolute Gasteiger partial charge is 0.444 e. The van der Waals surface area contributed by atoms with E-state index in [2.05, 4.69) is 5.32 Å². The topological polar surface area (TPSA) is 61.8 Å². The van der Waals surface area contributed by atoms with Gasteiger partial charge in [-0.3, -0.25) is 0 Å². The quantitative estimate of drug-likeness (QED) is 0.869. The summed E-state index contributed by atoms with van der Waals surface area (Å²) >= 11 is 0. The summed E-state index contributed by atoms with van der Waals surface area (Å²) in [5, 5.41) is 12.8. The number of piperidine rings is 1.